The number of carbonyl (C=O) groups excluding carboxylic acids is 2. The van der Waals surface area contributed by atoms with Gasteiger partial charge in [-0.25, -0.2) is 8.42 Å². The maximum atomic E-state index is 13.5. The molecular formula is C26H37N3O4S. The molecule has 8 heteroatoms. The third-order valence-corrected chi connectivity index (χ3v) is 6.59. The van der Waals surface area contributed by atoms with Gasteiger partial charge in [0.25, 0.3) is 0 Å². The molecule has 0 aliphatic rings. The number of rotatable bonds is 9. The van der Waals surface area contributed by atoms with Crippen molar-refractivity contribution in [3.05, 3.63) is 65.2 Å². The van der Waals surface area contributed by atoms with Crippen LogP contribution in [0, 0.1) is 13.8 Å². The summed E-state index contributed by atoms with van der Waals surface area (Å²) in [6.07, 6.45) is 1.63. The summed E-state index contributed by atoms with van der Waals surface area (Å²) in [6, 6.07) is 14.4. The van der Waals surface area contributed by atoms with Crippen LogP contribution >= 0.6 is 0 Å². The summed E-state index contributed by atoms with van der Waals surface area (Å²) >= 11 is 0. The lowest BCUT2D eigenvalue weighted by molar-refractivity contribution is -0.139. The monoisotopic (exact) mass is 487 g/mol. The maximum absolute atomic E-state index is 13.5. The molecule has 34 heavy (non-hydrogen) atoms. The van der Waals surface area contributed by atoms with Gasteiger partial charge in [0.15, 0.2) is 0 Å². The SMILES string of the molecule is Cc1ccc(C)c(N(CC(=O)N(CCc2ccccc2)[C@@H](C)C(=O)NC(C)(C)C)S(C)(=O)=O)c1. The van der Waals surface area contributed by atoms with Crippen LogP contribution in [0.25, 0.3) is 0 Å². The second-order valence-electron chi connectivity index (χ2n) is 9.80. The molecule has 0 aliphatic heterocycles. The highest BCUT2D eigenvalue weighted by atomic mass is 32.2. The third-order valence-electron chi connectivity index (χ3n) is 5.46. The average molecular weight is 488 g/mol. The Hall–Kier alpha value is -2.87. The van der Waals surface area contributed by atoms with E-state index in [0.717, 1.165) is 27.3 Å². The van der Waals surface area contributed by atoms with Gasteiger partial charge in [0.1, 0.15) is 12.6 Å². The number of carbonyl (C=O) groups is 2. The maximum Gasteiger partial charge on any atom is 0.244 e. The smallest absolute Gasteiger partial charge is 0.244 e. The van der Waals surface area contributed by atoms with Gasteiger partial charge in [-0.3, -0.25) is 13.9 Å². The first-order chi connectivity index (χ1) is 15.7. The molecule has 2 rings (SSSR count). The Balaban J connectivity index is 2.37. The lowest BCUT2D eigenvalue weighted by Crippen LogP contribution is -2.55. The van der Waals surface area contributed by atoms with Gasteiger partial charge in [-0.15, -0.1) is 0 Å². The van der Waals surface area contributed by atoms with Crippen LogP contribution in [0.5, 0.6) is 0 Å². The number of aryl methyl sites for hydroxylation is 2. The summed E-state index contributed by atoms with van der Waals surface area (Å²) in [4.78, 5) is 27.9. The summed E-state index contributed by atoms with van der Waals surface area (Å²) in [5, 5.41) is 2.92. The number of nitrogens with zero attached hydrogens (tertiary/aromatic N) is 2. The fraction of sp³-hybridized carbons (Fsp3) is 0.462. The van der Waals surface area contributed by atoms with Gasteiger partial charge in [-0.1, -0.05) is 42.5 Å². The van der Waals surface area contributed by atoms with Crippen LogP contribution in [0.3, 0.4) is 0 Å². The molecule has 0 heterocycles. The van der Waals surface area contributed by atoms with Crippen molar-refractivity contribution in [2.75, 3.05) is 23.7 Å². The Bertz CT molecular complexity index is 1110. The first-order valence-corrected chi connectivity index (χ1v) is 13.2. The van der Waals surface area contributed by atoms with E-state index >= 15 is 0 Å². The van der Waals surface area contributed by atoms with Gasteiger partial charge in [-0.05, 0) is 70.7 Å². The first kappa shape index (κ1) is 27.4. The van der Waals surface area contributed by atoms with Crippen molar-refractivity contribution in [2.24, 2.45) is 0 Å². The molecule has 0 saturated carbocycles. The van der Waals surface area contributed by atoms with Crippen molar-refractivity contribution >= 4 is 27.5 Å². The molecule has 0 radical (unpaired) electrons. The van der Waals surface area contributed by atoms with E-state index < -0.39 is 27.5 Å². The summed E-state index contributed by atoms with van der Waals surface area (Å²) in [5.74, 6) is -0.717. The minimum absolute atomic E-state index is 0.284. The number of amides is 2. The standard InChI is InChI=1S/C26H37N3O4S/c1-19-13-14-20(2)23(17-19)29(34(7,32)33)18-24(30)28(16-15-22-11-9-8-10-12-22)21(3)25(31)27-26(4,5)6/h8-14,17,21H,15-16,18H2,1-7H3,(H,27,31)/t21-/m0/s1. The molecule has 1 atom stereocenters. The minimum atomic E-state index is -3.74. The number of sulfonamides is 1. The van der Waals surface area contributed by atoms with Gasteiger partial charge in [-0.2, -0.15) is 0 Å². The number of hydrogen-bond donors (Lipinski definition) is 1. The zero-order chi connectivity index (χ0) is 25.7. The van der Waals surface area contributed by atoms with E-state index in [1.807, 2.05) is 77.1 Å². The Labute approximate surface area is 204 Å². The topological polar surface area (TPSA) is 86.8 Å². The fourth-order valence-electron chi connectivity index (χ4n) is 3.63. The lowest BCUT2D eigenvalue weighted by Gasteiger charge is -2.33. The predicted octanol–water partition coefficient (Wildman–Crippen LogP) is 3.44. The molecule has 2 amide bonds. The van der Waals surface area contributed by atoms with Crippen LogP contribution in [-0.2, 0) is 26.0 Å². The van der Waals surface area contributed by atoms with Crippen LogP contribution in [0.1, 0.15) is 44.4 Å². The largest absolute Gasteiger partial charge is 0.350 e. The quantitative estimate of drug-likeness (QED) is 0.587. The molecule has 1 N–H and O–H groups in total. The number of anilines is 1. The lowest BCUT2D eigenvalue weighted by atomic mass is 10.1. The van der Waals surface area contributed by atoms with Crippen LogP contribution in [0.2, 0.25) is 0 Å². The van der Waals surface area contributed by atoms with E-state index in [1.54, 1.807) is 13.0 Å². The van der Waals surface area contributed by atoms with Crippen molar-refractivity contribution in [1.82, 2.24) is 10.2 Å². The number of nitrogens with one attached hydrogen (secondary N) is 1. The molecule has 2 aromatic rings. The van der Waals surface area contributed by atoms with E-state index in [0.29, 0.717) is 12.1 Å². The van der Waals surface area contributed by atoms with Crippen molar-refractivity contribution in [2.45, 2.75) is 59.5 Å². The van der Waals surface area contributed by atoms with Gasteiger partial charge < -0.3 is 10.2 Å². The van der Waals surface area contributed by atoms with Crippen molar-refractivity contribution < 1.29 is 18.0 Å². The van der Waals surface area contributed by atoms with Crippen molar-refractivity contribution in [3.8, 4) is 0 Å². The molecule has 0 bridgehead atoms. The summed E-state index contributed by atoms with van der Waals surface area (Å²) in [7, 11) is -3.74. The molecule has 0 unspecified atom stereocenters. The van der Waals surface area contributed by atoms with Crippen LogP contribution in [0.4, 0.5) is 5.69 Å². The average Bonchev–Trinajstić information content (AvgIpc) is 2.72. The van der Waals surface area contributed by atoms with Crippen LogP contribution < -0.4 is 9.62 Å². The highest BCUT2D eigenvalue weighted by Gasteiger charge is 2.31. The summed E-state index contributed by atoms with van der Waals surface area (Å²) in [5.41, 5.74) is 2.67. The first-order valence-electron chi connectivity index (χ1n) is 11.4. The highest BCUT2D eigenvalue weighted by Crippen LogP contribution is 2.24. The third kappa shape index (κ3) is 7.87. The Morgan fingerprint density at radius 3 is 2.21 bits per heavy atom. The van der Waals surface area contributed by atoms with Gasteiger partial charge >= 0.3 is 0 Å². The zero-order valence-electron chi connectivity index (χ0n) is 21.3. The van der Waals surface area contributed by atoms with Gasteiger partial charge in [0.05, 0.1) is 11.9 Å². The Morgan fingerprint density at radius 1 is 1.03 bits per heavy atom. The van der Waals surface area contributed by atoms with Gasteiger partial charge in [0.2, 0.25) is 21.8 Å². The zero-order valence-corrected chi connectivity index (χ0v) is 22.1. The highest BCUT2D eigenvalue weighted by molar-refractivity contribution is 7.92. The molecule has 7 nitrogen and oxygen atoms in total. The van der Waals surface area contributed by atoms with Gasteiger partial charge in [0, 0.05) is 12.1 Å². The van der Waals surface area contributed by atoms with Crippen LogP contribution in [0.15, 0.2) is 48.5 Å². The second-order valence-corrected chi connectivity index (χ2v) is 11.7. The molecule has 0 aromatic heterocycles. The summed E-state index contributed by atoms with van der Waals surface area (Å²) < 4.78 is 26.5. The molecule has 0 fully saturated rings. The van der Waals surface area contributed by atoms with E-state index in [1.165, 1.54) is 4.90 Å². The van der Waals surface area contributed by atoms with E-state index in [4.69, 9.17) is 0 Å². The Morgan fingerprint density at radius 2 is 1.65 bits per heavy atom. The fourth-order valence-corrected chi connectivity index (χ4v) is 4.53. The molecule has 0 saturated heterocycles. The van der Waals surface area contributed by atoms with E-state index in [-0.39, 0.29) is 19.0 Å². The van der Waals surface area contributed by atoms with Crippen molar-refractivity contribution in [3.63, 3.8) is 0 Å². The number of hydrogen-bond acceptors (Lipinski definition) is 4. The van der Waals surface area contributed by atoms with Crippen molar-refractivity contribution in [1.29, 1.82) is 0 Å². The van der Waals surface area contributed by atoms with Crippen LogP contribution in [-0.4, -0.2) is 56.1 Å². The van der Waals surface area contributed by atoms with E-state index in [9.17, 15) is 18.0 Å². The predicted molar refractivity (Wildman–Crippen MR) is 137 cm³/mol. The Kier molecular flexibility index (Phi) is 8.89. The molecule has 186 valence electrons. The normalized spacial score (nSPS) is 12.7. The van der Waals surface area contributed by atoms with E-state index in [2.05, 4.69) is 5.32 Å². The molecule has 2 aromatic carbocycles. The minimum Gasteiger partial charge on any atom is -0.350 e. The summed E-state index contributed by atoms with van der Waals surface area (Å²) in [6.45, 7) is 10.9. The second kappa shape index (κ2) is 11.0. The molecule has 0 spiro atoms. The number of benzene rings is 2. The molecule has 0 aliphatic carbocycles. The molecular weight excluding hydrogens is 450 g/mol.